The number of hydrogen-bond acceptors (Lipinski definition) is 4. The largest absolute Gasteiger partial charge is 0.369 e. The van der Waals surface area contributed by atoms with Gasteiger partial charge in [0.05, 0.1) is 17.6 Å². The highest BCUT2D eigenvalue weighted by atomic mass is 15.1. The Hall–Kier alpha value is -1.16. The van der Waals surface area contributed by atoms with E-state index >= 15 is 0 Å². The van der Waals surface area contributed by atoms with Gasteiger partial charge in [0.15, 0.2) is 0 Å². The van der Waals surface area contributed by atoms with Crippen LogP contribution < -0.4 is 10.2 Å². The molecule has 108 valence electrons. The van der Waals surface area contributed by atoms with Gasteiger partial charge in [-0.1, -0.05) is 27.2 Å². The van der Waals surface area contributed by atoms with Crippen molar-refractivity contribution in [2.75, 3.05) is 25.0 Å². The van der Waals surface area contributed by atoms with E-state index < -0.39 is 0 Å². The number of aromatic nitrogens is 2. The molecule has 0 aliphatic rings. The van der Waals surface area contributed by atoms with E-state index in [-0.39, 0.29) is 0 Å². The summed E-state index contributed by atoms with van der Waals surface area (Å²) in [6.45, 7) is 11.5. The van der Waals surface area contributed by atoms with Gasteiger partial charge in [0.25, 0.3) is 0 Å². The maximum Gasteiger partial charge on any atom is 0.131 e. The van der Waals surface area contributed by atoms with Crippen LogP contribution >= 0.6 is 0 Å². The molecule has 0 saturated carbocycles. The number of hydrogen-bond donors (Lipinski definition) is 1. The number of nitrogens with zero attached hydrogens (tertiary/aromatic N) is 3. The van der Waals surface area contributed by atoms with Gasteiger partial charge in [-0.05, 0) is 20.4 Å². The van der Waals surface area contributed by atoms with Crippen molar-refractivity contribution in [1.29, 1.82) is 0 Å². The van der Waals surface area contributed by atoms with Gasteiger partial charge >= 0.3 is 0 Å². The lowest BCUT2D eigenvalue weighted by Gasteiger charge is -2.25. The van der Waals surface area contributed by atoms with Gasteiger partial charge < -0.3 is 10.2 Å². The van der Waals surface area contributed by atoms with Crippen LogP contribution in [0.3, 0.4) is 0 Å². The summed E-state index contributed by atoms with van der Waals surface area (Å²) in [6.07, 6.45) is 4.41. The molecule has 0 aromatic carbocycles. The Kier molecular flexibility index (Phi) is 6.78. The second-order valence-electron chi connectivity index (χ2n) is 5.18. The van der Waals surface area contributed by atoms with Crippen LogP contribution in [-0.2, 0) is 6.54 Å². The molecule has 0 radical (unpaired) electrons. The Bertz CT molecular complexity index is 376. The first-order chi connectivity index (χ1) is 9.13. The smallest absolute Gasteiger partial charge is 0.131 e. The Morgan fingerprint density at radius 3 is 2.58 bits per heavy atom. The van der Waals surface area contributed by atoms with Crippen LogP contribution in [0.15, 0.2) is 6.20 Å². The van der Waals surface area contributed by atoms with Crippen molar-refractivity contribution in [1.82, 2.24) is 15.3 Å². The monoisotopic (exact) mass is 264 g/mol. The highest BCUT2D eigenvalue weighted by Crippen LogP contribution is 2.20. The summed E-state index contributed by atoms with van der Waals surface area (Å²) < 4.78 is 0. The Balaban J connectivity index is 3.02. The van der Waals surface area contributed by atoms with E-state index in [1.807, 2.05) is 13.2 Å². The van der Waals surface area contributed by atoms with Gasteiger partial charge in [0.2, 0.25) is 0 Å². The summed E-state index contributed by atoms with van der Waals surface area (Å²) in [5, 5.41) is 3.21. The summed E-state index contributed by atoms with van der Waals surface area (Å²) >= 11 is 0. The number of rotatable bonds is 8. The number of unbranched alkanes of at least 4 members (excludes halogenated alkanes) is 1. The number of nitrogens with one attached hydrogen (secondary N) is 1. The fourth-order valence-electron chi connectivity index (χ4n) is 2.06. The molecule has 1 aromatic heterocycles. The lowest BCUT2D eigenvalue weighted by Crippen LogP contribution is -2.27. The third kappa shape index (κ3) is 4.46. The van der Waals surface area contributed by atoms with Crippen LogP contribution in [-0.4, -0.2) is 30.1 Å². The van der Waals surface area contributed by atoms with E-state index in [1.54, 1.807) is 0 Å². The Morgan fingerprint density at radius 2 is 2.05 bits per heavy atom. The molecule has 1 rings (SSSR count). The third-order valence-electron chi connectivity index (χ3n) is 3.23. The van der Waals surface area contributed by atoms with Crippen LogP contribution in [0.5, 0.6) is 0 Å². The first kappa shape index (κ1) is 15.9. The molecule has 1 heterocycles. The maximum atomic E-state index is 4.72. The zero-order valence-electron chi connectivity index (χ0n) is 13.0. The number of anilines is 1. The first-order valence-electron chi connectivity index (χ1n) is 7.39. The van der Waals surface area contributed by atoms with E-state index in [2.05, 4.69) is 42.9 Å². The second-order valence-corrected chi connectivity index (χ2v) is 5.18. The minimum absolute atomic E-state index is 0.371. The van der Waals surface area contributed by atoms with Crippen LogP contribution in [0.1, 0.15) is 58.0 Å². The minimum Gasteiger partial charge on any atom is -0.369 e. The molecule has 0 aliphatic heterocycles. The van der Waals surface area contributed by atoms with Crippen molar-refractivity contribution in [2.24, 2.45) is 0 Å². The molecule has 0 atom stereocenters. The van der Waals surface area contributed by atoms with Gasteiger partial charge in [-0.3, -0.25) is 0 Å². The summed E-state index contributed by atoms with van der Waals surface area (Å²) in [4.78, 5) is 11.6. The molecule has 0 unspecified atom stereocenters. The van der Waals surface area contributed by atoms with Crippen LogP contribution in [0, 0.1) is 0 Å². The molecular formula is C15H28N4. The third-order valence-corrected chi connectivity index (χ3v) is 3.23. The van der Waals surface area contributed by atoms with Gasteiger partial charge in [0.1, 0.15) is 5.82 Å². The SMILES string of the molecule is CCCCN(CC)c1cnc(C(C)C)nc1CNC. The lowest BCUT2D eigenvalue weighted by molar-refractivity contribution is 0.694. The molecule has 4 heteroatoms. The molecule has 0 spiro atoms. The zero-order valence-corrected chi connectivity index (χ0v) is 13.0. The van der Waals surface area contributed by atoms with Gasteiger partial charge in [-0.15, -0.1) is 0 Å². The fraction of sp³-hybridized carbons (Fsp3) is 0.733. The average Bonchev–Trinajstić information content (AvgIpc) is 2.41. The van der Waals surface area contributed by atoms with Gasteiger partial charge in [-0.2, -0.15) is 0 Å². The quantitative estimate of drug-likeness (QED) is 0.784. The van der Waals surface area contributed by atoms with Crippen LogP contribution in [0.25, 0.3) is 0 Å². The van der Waals surface area contributed by atoms with Crippen molar-refractivity contribution in [3.63, 3.8) is 0 Å². The normalized spacial score (nSPS) is 11.1. The molecule has 0 amide bonds. The van der Waals surface area contributed by atoms with E-state index in [9.17, 15) is 0 Å². The minimum atomic E-state index is 0.371. The highest BCUT2D eigenvalue weighted by molar-refractivity contribution is 5.49. The topological polar surface area (TPSA) is 41.1 Å². The maximum absolute atomic E-state index is 4.72. The van der Waals surface area contributed by atoms with Crippen molar-refractivity contribution in [2.45, 2.75) is 53.0 Å². The molecule has 1 aromatic rings. The van der Waals surface area contributed by atoms with E-state index in [4.69, 9.17) is 4.98 Å². The van der Waals surface area contributed by atoms with Crippen LogP contribution in [0.2, 0.25) is 0 Å². The van der Waals surface area contributed by atoms with Gasteiger partial charge in [0, 0.05) is 25.6 Å². The summed E-state index contributed by atoms with van der Waals surface area (Å²) in [7, 11) is 1.96. The molecule has 0 aliphatic carbocycles. The second kappa shape index (κ2) is 8.10. The van der Waals surface area contributed by atoms with Crippen molar-refractivity contribution in [3.8, 4) is 0 Å². The van der Waals surface area contributed by atoms with Crippen LogP contribution in [0.4, 0.5) is 5.69 Å². The predicted molar refractivity (Wildman–Crippen MR) is 81.7 cm³/mol. The van der Waals surface area contributed by atoms with Crippen molar-refractivity contribution in [3.05, 3.63) is 17.7 Å². The molecule has 0 fully saturated rings. The average molecular weight is 264 g/mol. The Morgan fingerprint density at radius 1 is 1.32 bits per heavy atom. The van der Waals surface area contributed by atoms with Crippen molar-refractivity contribution >= 4 is 5.69 Å². The molecule has 0 bridgehead atoms. The summed E-state index contributed by atoms with van der Waals surface area (Å²) in [5.74, 6) is 1.30. The van der Waals surface area contributed by atoms with Gasteiger partial charge in [-0.25, -0.2) is 9.97 Å². The van der Waals surface area contributed by atoms with Crippen molar-refractivity contribution < 1.29 is 0 Å². The molecule has 19 heavy (non-hydrogen) atoms. The fourth-order valence-corrected chi connectivity index (χ4v) is 2.06. The molecule has 1 N–H and O–H groups in total. The Labute approximate surface area is 117 Å². The summed E-state index contributed by atoms with van der Waals surface area (Å²) in [6, 6.07) is 0. The molecule has 0 saturated heterocycles. The molecular weight excluding hydrogens is 236 g/mol. The molecule has 4 nitrogen and oxygen atoms in total. The standard InChI is InChI=1S/C15H28N4/c1-6-8-9-19(7-2)14-11-17-15(12(3)4)18-13(14)10-16-5/h11-12,16H,6-10H2,1-5H3. The van der Waals surface area contributed by atoms with E-state index in [0.29, 0.717) is 5.92 Å². The van der Waals surface area contributed by atoms with E-state index in [1.165, 1.54) is 18.5 Å². The first-order valence-corrected chi connectivity index (χ1v) is 7.39. The predicted octanol–water partition coefficient (Wildman–Crippen LogP) is 2.95. The lowest BCUT2D eigenvalue weighted by atomic mass is 10.2. The highest BCUT2D eigenvalue weighted by Gasteiger charge is 2.13. The van der Waals surface area contributed by atoms with E-state index in [0.717, 1.165) is 31.2 Å². The summed E-state index contributed by atoms with van der Waals surface area (Å²) in [5.41, 5.74) is 2.29. The zero-order chi connectivity index (χ0) is 14.3.